The van der Waals surface area contributed by atoms with Crippen molar-refractivity contribution in [2.45, 2.75) is 149 Å². The van der Waals surface area contributed by atoms with Crippen LogP contribution in [0.5, 0.6) is 0 Å². The monoisotopic (exact) mass is 394 g/mol. The van der Waals surface area contributed by atoms with Crippen LogP contribution >= 0.6 is 0 Å². The smallest absolute Gasteiger partial charge is 0.0465 e. The van der Waals surface area contributed by atoms with Gasteiger partial charge in [-0.3, -0.25) is 0 Å². The predicted octanol–water partition coefficient (Wildman–Crippen LogP) is 9.38. The average molecular weight is 395 g/mol. The summed E-state index contributed by atoms with van der Waals surface area (Å²) in [6, 6.07) is 0. The fourth-order valence-electron chi connectivity index (χ4n) is 4.22. The van der Waals surface area contributed by atoms with Crippen LogP contribution in [0.1, 0.15) is 149 Å². The maximum absolute atomic E-state index is 8.82. The van der Waals surface area contributed by atoms with Gasteiger partial charge in [-0.15, -0.1) is 0 Å². The van der Waals surface area contributed by atoms with Gasteiger partial charge in [0.25, 0.3) is 0 Å². The Bertz CT molecular complexity index is 279. The molecule has 168 valence electrons. The van der Waals surface area contributed by atoms with Gasteiger partial charge in [0.2, 0.25) is 0 Å². The normalized spacial score (nSPS) is 11.9. The van der Waals surface area contributed by atoms with Gasteiger partial charge in [0.05, 0.1) is 0 Å². The highest BCUT2D eigenvalue weighted by molar-refractivity contribution is 4.81. The SMILES string of the molecule is CCCCCCCCCC(CCCC/C=C/CCO)CCCCCCCCC. The van der Waals surface area contributed by atoms with Gasteiger partial charge >= 0.3 is 0 Å². The molecule has 0 amide bonds. The molecule has 0 aromatic carbocycles. The lowest BCUT2D eigenvalue weighted by Crippen LogP contribution is -2.01. The molecule has 0 aliphatic carbocycles. The van der Waals surface area contributed by atoms with E-state index in [0.29, 0.717) is 0 Å². The summed E-state index contributed by atoms with van der Waals surface area (Å²) in [5.41, 5.74) is 0. The first-order chi connectivity index (χ1) is 13.8. The number of aliphatic hydroxyl groups excluding tert-OH is 1. The second kappa shape index (κ2) is 24.7. The summed E-state index contributed by atoms with van der Waals surface area (Å²) >= 11 is 0. The molecule has 0 saturated carbocycles. The zero-order chi connectivity index (χ0) is 20.5. The van der Waals surface area contributed by atoms with E-state index >= 15 is 0 Å². The Labute approximate surface area is 178 Å². The first kappa shape index (κ1) is 27.7. The summed E-state index contributed by atoms with van der Waals surface area (Å²) in [7, 11) is 0. The van der Waals surface area contributed by atoms with E-state index in [2.05, 4.69) is 26.0 Å². The quantitative estimate of drug-likeness (QED) is 0.135. The molecule has 1 nitrogen and oxygen atoms in total. The van der Waals surface area contributed by atoms with Crippen molar-refractivity contribution in [1.82, 2.24) is 0 Å². The van der Waals surface area contributed by atoms with E-state index in [1.165, 1.54) is 128 Å². The molecule has 0 saturated heterocycles. The van der Waals surface area contributed by atoms with Crippen molar-refractivity contribution in [2.75, 3.05) is 6.61 Å². The Kier molecular flexibility index (Phi) is 24.5. The van der Waals surface area contributed by atoms with E-state index in [0.717, 1.165) is 12.3 Å². The molecule has 0 aromatic rings. The van der Waals surface area contributed by atoms with Gasteiger partial charge in [-0.25, -0.2) is 0 Å². The summed E-state index contributed by atoms with van der Waals surface area (Å²) in [5.74, 6) is 0.979. The molecule has 0 aromatic heterocycles. The van der Waals surface area contributed by atoms with E-state index < -0.39 is 0 Å². The molecule has 1 N–H and O–H groups in total. The van der Waals surface area contributed by atoms with Crippen LogP contribution in [0, 0.1) is 5.92 Å². The summed E-state index contributed by atoms with van der Waals surface area (Å²) in [6.45, 7) is 4.89. The van der Waals surface area contributed by atoms with Gasteiger partial charge in [-0.05, 0) is 25.2 Å². The van der Waals surface area contributed by atoms with E-state index in [1.54, 1.807) is 0 Å². The molecule has 0 aliphatic rings. The van der Waals surface area contributed by atoms with Crippen LogP contribution in [-0.2, 0) is 0 Å². The van der Waals surface area contributed by atoms with E-state index in [-0.39, 0.29) is 6.61 Å². The Morgan fingerprint density at radius 2 is 0.893 bits per heavy atom. The van der Waals surface area contributed by atoms with Crippen LogP contribution in [0.25, 0.3) is 0 Å². The van der Waals surface area contributed by atoms with E-state index in [9.17, 15) is 0 Å². The maximum Gasteiger partial charge on any atom is 0.0465 e. The molecular weight excluding hydrogens is 340 g/mol. The number of rotatable bonds is 23. The summed E-state index contributed by atoms with van der Waals surface area (Å²) in [6.07, 6.45) is 33.6. The fraction of sp³-hybridized carbons (Fsp3) is 0.926. The van der Waals surface area contributed by atoms with Crippen molar-refractivity contribution in [3.05, 3.63) is 12.2 Å². The largest absolute Gasteiger partial charge is 0.396 e. The van der Waals surface area contributed by atoms with Crippen molar-refractivity contribution in [3.63, 3.8) is 0 Å². The van der Waals surface area contributed by atoms with Gasteiger partial charge in [-0.2, -0.15) is 0 Å². The number of hydrogen-bond donors (Lipinski definition) is 1. The standard InChI is InChI=1S/C27H54O/c1-3-5-7-9-11-15-19-23-27(24-20-16-12-10-8-6-4-2)25-21-17-13-14-18-22-26-28/h14,18,27-28H,3-13,15-17,19-26H2,1-2H3/b18-14+. The highest BCUT2D eigenvalue weighted by Gasteiger charge is 2.08. The van der Waals surface area contributed by atoms with Crippen molar-refractivity contribution in [3.8, 4) is 0 Å². The zero-order valence-electron chi connectivity index (χ0n) is 19.7. The van der Waals surface area contributed by atoms with Crippen LogP contribution < -0.4 is 0 Å². The zero-order valence-corrected chi connectivity index (χ0v) is 19.7. The minimum absolute atomic E-state index is 0.287. The molecule has 28 heavy (non-hydrogen) atoms. The number of aliphatic hydroxyl groups is 1. The Balaban J connectivity index is 3.85. The number of unbranched alkanes of at least 4 members (excludes halogenated alkanes) is 14. The topological polar surface area (TPSA) is 20.2 Å². The maximum atomic E-state index is 8.82. The molecule has 0 rings (SSSR count). The Morgan fingerprint density at radius 3 is 1.36 bits per heavy atom. The molecule has 0 unspecified atom stereocenters. The first-order valence-electron chi connectivity index (χ1n) is 13.1. The van der Waals surface area contributed by atoms with Crippen LogP contribution in [0.3, 0.4) is 0 Å². The first-order valence-corrected chi connectivity index (χ1v) is 13.1. The third-order valence-corrected chi connectivity index (χ3v) is 6.13. The molecule has 0 radical (unpaired) electrons. The summed E-state index contributed by atoms with van der Waals surface area (Å²) < 4.78 is 0. The lowest BCUT2D eigenvalue weighted by Gasteiger charge is -2.17. The highest BCUT2D eigenvalue weighted by Crippen LogP contribution is 2.24. The Hall–Kier alpha value is -0.300. The van der Waals surface area contributed by atoms with Crippen LogP contribution in [0.4, 0.5) is 0 Å². The molecule has 0 heterocycles. The van der Waals surface area contributed by atoms with Crippen molar-refractivity contribution in [2.24, 2.45) is 5.92 Å². The van der Waals surface area contributed by atoms with Crippen molar-refractivity contribution in [1.29, 1.82) is 0 Å². The molecule has 0 atom stereocenters. The minimum Gasteiger partial charge on any atom is -0.396 e. The minimum atomic E-state index is 0.287. The van der Waals surface area contributed by atoms with Crippen LogP contribution in [-0.4, -0.2) is 11.7 Å². The number of allylic oxidation sites excluding steroid dienone is 1. The third kappa shape index (κ3) is 22.0. The lowest BCUT2D eigenvalue weighted by atomic mass is 9.89. The summed E-state index contributed by atoms with van der Waals surface area (Å²) in [4.78, 5) is 0. The average Bonchev–Trinajstić information content (AvgIpc) is 2.71. The Morgan fingerprint density at radius 1 is 0.500 bits per heavy atom. The fourth-order valence-corrected chi connectivity index (χ4v) is 4.22. The number of hydrogen-bond acceptors (Lipinski definition) is 1. The van der Waals surface area contributed by atoms with Gasteiger partial charge < -0.3 is 5.11 Å². The lowest BCUT2D eigenvalue weighted by molar-refractivity contribution is 0.302. The second-order valence-electron chi connectivity index (χ2n) is 8.95. The summed E-state index contributed by atoms with van der Waals surface area (Å²) in [5, 5.41) is 8.82. The van der Waals surface area contributed by atoms with Crippen molar-refractivity contribution < 1.29 is 5.11 Å². The van der Waals surface area contributed by atoms with Gasteiger partial charge in [-0.1, -0.05) is 142 Å². The molecule has 0 fully saturated rings. The molecule has 1 heteroatoms. The second-order valence-corrected chi connectivity index (χ2v) is 8.95. The van der Waals surface area contributed by atoms with Crippen LogP contribution in [0.2, 0.25) is 0 Å². The predicted molar refractivity (Wildman–Crippen MR) is 128 cm³/mol. The van der Waals surface area contributed by atoms with E-state index in [4.69, 9.17) is 5.11 Å². The van der Waals surface area contributed by atoms with Gasteiger partial charge in [0.1, 0.15) is 0 Å². The highest BCUT2D eigenvalue weighted by atomic mass is 16.2. The molecular formula is C27H54O. The molecule has 0 aliphatic heterocycles. The van der Waals surface area contributed by atoms with Crippen LogP contribution in [0.15, 0.2) is 12.2 Å². The third-order valence-electron chi connectivity index (χ3n) is 6.13. The van der Waals surface area contributed by atoms with Gasteiger partial charge in [0.15, 0.2) is 0 Å². The molecule has 0 spiro atoms. The van der Waals surface area contributed by atoms with Crippen molar-refractivity contribution >= 4 is 0 Å². The van der Waals surface area contributed by atoms with Gasteiger partial charge in [0, 0.05) is 6.61 Å². The van der Waals surface area contributed by atoms with E-state index in [1.807, 2.05) is 0 Å². The molecule has 0 bridgehead atoms.